The van der Waals surface area contributed by atoms with E-state index in [2.05, 4.69) is 65.0 Å². The van der Waals surface area contributed by atoms with Gasteiger partial charge in [-0.15, -0.1) is 0 Å². The minimum absolute atomic E-state index is 0.641. The lowest BCUT2D eigenvalue weighted by Gasteiger charge is -2.20. The third-order valence-corrected chi connectivity index (χ3v) is 5.33. The number of hydrogen-bond donors (Lipinski definition) is 0. The molecule has 1 aromatic rings. The molecule has 0 atom stereocenters. The average Bonchev–Trinajstić information content (AvgIpc) is 2.23. The zero-order valence-electron chi connectivity index (χ0n) is 11.5. The largest absolute Gasteiger partial charge is 0.547 e. The molecule has 0 aliphatic rings. The van der Waals surface area contributed by atoms with Crippen molar-refractivity contribution < 1.29 is 4.43 Å². The van der Waals surface area contributed by atoms with Crippen LogP contribution < -0.4 is 0 Å². The van der Waals surface area contributed by atoms with Crippen LogP contribution >= 0.6 is 0 Å². The van der Waals surface area contributed by atoms with E-state index in [-0.39, 0.29) is 0 Å². The Morgan fingerprint density at radius 2 is 1.76 bits per heavy atom. The lowest BCUT2D eigenvalue weighted by Crippen LogP contribution is -2.22. The van der Waals surface area contributed by atoms with E-state index in [9.17, 15) is 0 Å². The normalized spacial score (nSPS) is 12.0. The van der Waals surface area contributed by atoms with E-state index in [1.54, 1.807) is 0 Å². The molecule has 0 unspecified atom stereocenters. The summed E-state index contributed by atoms with van der Waals surface area (Å²) >= 11 is 0. The van der Waals surface area contributed by atoms with Gasteiger partial charge in [-0.3, -0.25) is 0 Å². The van der Waals surface area contributed by atoms with Crippen LogP contribution in [-0.2, 0) is 4.43 Å². The highest BCUT2D eigenvalue weighted by Crippen LogP contribution is 2.21. The standard InChI is InChI=1S/C15H23OSi/c1-12(2)17(13(3)4)16-10-9-15-8-6-7-14(5)11-15/h6-13H,1-5H3. The fraction of sp³-hybridized carbons (Fsp3) is 0.467. The van der Waals surface area contributed by atoms with Crippen LogP contribution in [0, 0.1) is 6.92 Å². The summed E-state index contributed by atoms with van der Waals surface area (Å²) in [7, 11) is -0.745. The minimum Gasteiger partial charge on any atom is -0.547 e. The number of aryl methyl sites for hydroxylation is 1. The van der Waals surface area contributed by atoms with Crippen LogP contribution in [0.3, 0.4) is 0 Å². The summed E-state index contributed by atoms with van der Waals surface area (Å²) in [5.74, 6) is 0. The molecule has 0 aliphatic carbocycles. The first-order valence-electron chi connectivity index (χ1n) is 6.27. The van der Waals surface area contributed by atoms with E-state index in [1.165, 1.54) is 11.1 Å². The Hall–Kier alpha value is -1.02. The highest BCUT2D eigenvalue weighted by molar-refractivity contribution is 6.55. The maximum Gasteiger partial charge on any atom is 0.285 e. The zero-order valence-corrected chi connectivity index (χ0v) is 12.5. The van der Waals surface area contributed by atoms with Crippen molar-refractivity contribution in [3.8, 4) is 0 Å². The van der Waals surface area contributed by atoms with Gasteiger partial charge in [-0.05, 0) is 29.6 Å². The third-order valence-electron chi connectivity index (χ3n) is 2.64. The molecule has 0 heterocycles. The molecule has 1 radical (unpaired) electrons. The lowest BCUT2D eigenvalue weighted by molar-refractivity contribution is 0.469. The van der Waals surface area contributed by atoms with Crippen LogP contribution in [-0.4, -0.2) is 9.04 Å². The number of benzene rings is 1. The molecule has 0 bridgehead atoms. The SMILES string of the molecule is Cc1cccc(C=CO[Si](C(C)C)C(C)C)c1. The summed E-state index contributed by atoms with van der Waals surface area (Å²) in [5.41, 5.74) is 3.77. The highest BCUT2D eigenvalue weighted by atomic mass is 28.3. The second-order valence-electron chi connectivity index (χ2n) is 5.05. The second-order valence-corrected chi connectivity index (χ2v) is 8.40. The first-order chi connectivity index (χ1) is 8.00. The topological polar surface area (TPSA) is 9.23 Å². The van der Waals surface area contributed by atoms with E-state index >= 15 is 0 Å². The van der Waals surface area contributed by atoms with Gasteiger partial charge in [0, 0.05) is 0 Å². The first kappa shape index (κ1) is 14.0. The molecular formula is C15H23OSi. The monoisotopic (exact) mass is 247 g/mol. The van der Waals surface area contributed by atoms with Crippen LogP contribution in [0.2, 0.25) is 11.1 Å². The molecule has 0 aromatic heterocycles. The van der Waals surface area contributed by atoms with Gasteiger partial charge >= 0.3 is 0 Å². The summed E-state index contributed by atoms with van der Waals surface area (Å²) in [5, 5.41) is 0. The molecule has 0 saturated heterocycles. The van der Waals surface area contributed by atoms with Gasteiger partial charge in [0.05, 0.1) is 6.26 Å². The van der Waals surface area contributed by atoms with Crippen molar-refractivity contribution in [2.75, 3.05) is 0 Å². The Labute approximate surface area is 107 Å². The summed E-state index contributed by atoms with van der Waals surface area (Å²) in [6.07, 6.45) is 3.94. The Morgan fingerprint density at radius 1 is 1.12 bits per heavy atom. The van der Waals surface area contributed by atoms with Crippen molar-refractivity contribution >= 4 is 15.1 Å². The van der Waals surface area contributed by atoms with Gasteiger partial charge in [-0.2, -0.15) is 0 Å². The minimum atomic E-state index is -0.745. The molecule has 0 fully saturated rings. The summed E-state index contributed by atoms with van der Waals surface area (Å²) < 4.78 is 5.93. The highest BCUT2D eigenvalue weighted by Gasteiger charge is 2.22. The summed E-state index contributed by atoms with van der Waals surface area (Å²) in [6, 6.07) is 8.45. The van der Waals surface area contributed by atoms with E-state index < -0.39 is 9.04 Å². The van der Waals surface area contributed by atoms with Crippen LogP contribution in [0.4, 0.5) is 0 Å². The Morgan fingerprint density at radius 3 is 2.29 bits per heavy atom. The molecular weight excluding hydrogens is 224 g/mol. The van der Waals surface area contributed by atoms with Crippen molar-refractivity contribution in [3.63, 3.8) is 0 Å². The van der Waals surface area contributed by atoms with Crippen LogP contribution in [0.5, 0.6) is 0 Å². The molecule has 1 aromatic carbocycles. The number of hydrogen-bond acceptors (Lipinski definition) is 1. The van der Waals surface area contributed by atoms with Gasteiger partial charge in [-0.1, -0.05) is 57.5 Å². The van der Waals surface area contributed by atoms with E-state index in [0.717, 1.165) is 0 Å². The van der Waals surface area contributed by atoms with Gasteiger partial charge in [0.2, 0.25) is 0 Å². The van der Waals surface area contributed by atoms with Crippen molar-refractivity contribution in [1.82, 2.24) is 0 Å². The van der Waals surface area contributed by atoms with Gasteiger partial charge < -0.3 is 4.43 Å². The molecule has 1 rings (SSSR count). The molecule has 2 heteroatoms. The van der Waals surface area contributed by atoms with Crippen molar-refractivity contribution in [3.05, 3.63) is 41.7 Å². The quantitative estimate of drug-likeness (QED) is 0.537. The maximum absolute atomic E-state index is 5.93. The third kappa shape index (κ3) is 4.78. The summed E-state index contributed by atoms with van der Waals surface area (Å²) in [6.45, 7) is 11.1. The van der Waals surface area contributed by atoms with Crippen LogP contribution in [0.15, 0.2) is 30.5 Å². The van der Waals surface area contributed by atoms with Gasteiger partial charge in [0.15, 0.2) is 0 Å². The van der Waals surface area contributed by atoms with Crippen molar-refractivity contribution in [1.29, 1.82) is 0 Å². The van der Waals surface area contributed by atoms with Gasteiger partial charge in [-0.25, -0.2) is 0 Å². The summed E-state index contributed by atoms with van der Waals surface area (Å²) in [4.78, 5) is 0. The molecule has 0 amide bonds. The van der Waals surface area contributed by atoms with Crippen LogP contribution in [0.25, 0.3) is 6.08 Å². The predicted octanol–water partition coefficient (Wildman–Crippen LogP) is 4.79. The van der Waals surface area contributed by atoms with E-state index in [1.807, 2.05) is 6.26 Å². The van der Waals surface area contributed by atoms with E-state index in [0.29, 0.717) is 11.1 Å². The smallest absolute Gasteiger partial charge is 0.285 e. The molecule has 0 spiro atoms. The molecule has 0 saturated carbocycles. The Bertz CT molecular complexity index is 361. The Balaban J connectivity index is 2.60. The van der Waals surface area contributed by atoms with Crippen molar-refractivity contribution in [2.45, 2.75) is 45.7 Å². The molecule has 0 aliphatic heterocycles. The Kier molecular flexibility index (Phi) is 5.49. The average molecular weight is 247 g/mol. The van der Waals surface area contributed by atoms with Crippen molar-refractivity contribution in [2.24, 2.45) is 0 Å². The fourth-order valence-corrected chi connectivity index (χ4v) is 4.01. The van der Waals surface area contributed by atoms with Gasteiger partial charge in [0.25, 0.3) is 9.04 Å². The van der Waals surface area contributed by atoms with Gasteiger partial charge in [0.1, 0.15) is 0 Å². The molecule has 17 heavy (non-hydrogen) atoms. The maximum atomic E-state index is 5.93. The number of rotatable bonds is 5. The fourth-order valence-electron chi connectivity index (χ4n) is 1.90. The predicted molar refractivity (Wildman–Crippen MR) is 77.2 cm³/mol. The zero-order chi connectivity index (χ0) is 12.8. The van der Waals surface area contributed by atoms with Crippen LogP contribution in [0.1, 0.15) is 38.8 Å². The molecule has 0 N–H and O–H groups in total. The lowest BCUT2D eigenvalue weighted by atomic mass is 10.1. The molecule has 1 nitrogen and oxygen atoms in total. The first-order valence-corrected chi connectivity index (χ1v) is 7.83. The van der Waals surface area contributed by atoms with E-state index in [4.69, 9.17) is 4.43 Å². The second kappa shape index (κ2) is 6.65. The molecule has 93 valence electrons.